The Bertz CT molecular complexity index is 1390. The number of benzene rings is 2. The second-order valence-corrected chi connectivity index (χ2v) is 9.73. The molecule has 0 unspecified atom stereocenters. The highest BCUT2D eigenvalue weighted by Crippen LogP contribution is 2.41. The number of nitrogens with one attached hydrogen (secondary N) is 1. The Morgan fingerprint density at radius 3 is 2.70 bits per heavy atom. The number of para-hydroxylation sites is 1. The molecule has 0 aliphatic heterocycles. The zero-order valence-electron chi connectivity index (χ0n) is 16.3. The summed E-state index contributed by atoms with van der Waals surface area (Å²) in [4.78, 5) is 17.7. The molecule has 2 aromatic carbocycles. The summed E-state index contributed by atoms with van der Waals surface area (Å²) in [6.45, 7) is 1.68. The van der Waals surface area contributed by atoms with E-state index in [4.69, 9.17) is 0 Å². The fourth-order valence-electron chi connectivity index (χ4n) is 3.47. The molecule has 0 spiro atoms. The van der Waals surface area contributed by atoms with Crippen molar-refractivity contribution in [1.29, 1.82) is 0 Å². The van der Waals surface area contributed by atoms with Crippen LogP contribution in [-0.4, -0.2) is 35.3 Å². The Morgan fingerprint density at radius 2 is 1.97 bits per heavy atom. The highest BCUT2D eigenvalue weighted by Gasteiger charge is 2.19. The molecule has 0 amide bonds. The van der Waals surface area contributed by atoms with Gasteiger partial charge in [-0.15, -0.1) is 0 Å². The number of hydrogen-bond donors (Lipinski definition) is 2. The molecular formula is C21H19N3O4S2. The molecule has 7 nitrogen and oxygen atoms in total. The van der Waals surface area contributed by atoms with Gasteiger partial charge in [0.05, 0.1) is 17.3 Å². The normalized spacial score (nSPS) is 11.8. The van der Waals surface area contributed by atoms with Crippen LogP contribution in [0.25, 0.3) is 21.8 Å². The summed E-state index contributed by atoms with van der Waals surface area (Å²) >= 11 is 1.49. The number of aromatic nitrogens is 2. The van der Waals surface area contributed by atoms with Gasteiger partial charge in [-0.3, -0.25) is 14.5 Å². The zero-order valence-corrected chi connectivity index (χ0v) is 17.9. The molecule has 0 saturated carbocycles. The molecule has 0 aliphatic carbocycles. The van der Waals surface area contributed by atoms with Crippen molar-refractivity contribution in [3.05, 3.63) is 60.4 Å². The topological polar surface area (TPSA) is 101 Å². The smallest absolute Gasteiger partial charge is 0.323 e. The van der Waals surface area contributed by atoms with Gasteiger partial charge in [0.2, 0.25) is 10.0 Å². The van der Waals surface area contributed by atoms with Gasteiger partial charge >= 0.3 is 5.97 Å². The lowest BCUT2D eigenvalue weighted by Crippen LogP contribution is -2.10. The van der Waals surface area contributed by atoms with E-state index in [0.29, 0.717) is 5.69 Å². The number of anilines is 1. The first-order valence-corrected chi connectivity index (χ1v) is 11.8. The van der Waals surface area contributed by atoms with Crippen molar-refractivity contribution in [3.63, 3.8) is 0 Å². The van der Waals surface area contributed by atoms with Crippen LogP contribution in [0.2, 0.25) is 0 Å². The van der Waals surface area contributed by atoms with E-state index in [-0.39, 0.29) is 6.54 Å². The number of nitrogens with zero attached hydrogens (tertiary/aromatic N) is 2. The minimum atomic E-state index is -3.44. The number of carbonyl (C=O) groups is 1. The number of sulfonamides is 1. The summed E-state index contributed by atoms with van der Waals surface area (Å²) in [7, 11) is -3.44. The molecule has 154 valence electrons. The van der Waals surface area contributed by atoms with Gasteiger partial charge in [0.25, 0.3) is 0 Å². The van der Waals surface area contributed by atoms with E-state index in [1.165, 1.54) is 11.8 Å². The largest absolute Gasteiger partial charge is 0.480 e. The van der Waals surface area contributed by atoms with Crippen molar-refractivity contribution in [2.75, 3.05) is 11.0 Å². The van der Waals surface area contributed by atoms with E-state index in [1.807, 2.05) is 37.3 Å². The predicted molar refractivity (Wildman–Crippen MR) is 119 cm³/mol. The average molecular weight is 442 g/mol. The lowest BCUT2D eigenvalue weighted by molar-refractivity contribution is -0.137. The molecule has 0 radical (unpaired) electrons. The first-order valence-electron chi connectivity index (χ1n) is 9.07. The lowest BCUT2D eigenvalue weighted by atomic mass is 10.2. The maximum absolute atomic E-state index is 11.7. The van der Waals surface area contributed by atoms with Crippen molar-refractivity contribution in [1.82, 2.24) is 9.55 Å². The summed E-state index contributed by atoms with van der Waals surface area (Å²) in [5.74, 6) is -0.947. The molecule has 0 saturated heterocycles. The monoisotopic (exact) mass is 441 g/mol. The summed E-state index contributed by atoms with van der Waals surface area (Å²) in [5.41, 5.74) is 2.80. The molecule has 0 atom stereocenters. The Balaban J connectivity index is 1.91. The fraction of sp³-hybridized carbons (Fsp3) is 0.143. The minimum Gasteiger partial charge on any atom is -0.480 e. The van der Waals surface area contributed by atoms with Gasteiger partial charge in [-0.2, -0.15) is 0 Å². The maximum Gasteiger partial charge on any atom is 0.323 e. The van der Waals surface area contributed by atoms with Crippen molar-refractivity contribution in [2.45, 2.75) is 23.3 Å². The van der Waals surface area contributed by atoms with Crippen molar-refractivity contribution < 1.29 is 18.3 Å². The molecule has 9 heteroatoms. The summed E-state index contributed by atoms with van der Waals surface area (Å²) in [5, 5.41) is 11.2. The SMILES string of the molecule is Cc1c(Sc2cccc3cccnc23)c2cc(NS(C)(=O)=O)ccc2n1CC(=O)O. The van der Waals surface area contributed by atoms with Gasteiger partial charge in [-0.05, 0) is 37.3 Å². The standard InChI is InChI=1S/C21H19N3O4S2/c1-13-21(29-18-7-3-5-14-6-4-10-22-20(14)18)16-11-15(23-30(2,27)28)8-9-17(16)24(13)12-19(25)26/h3-11,23H,12H2,1-2H3,(H,25,26). The molecule has 4 aromatic rings. The number of fused-ring (bicyclic) bond motifs is 2. The highest BCUT2D eigenvalue weighted by molar-refractivity contribution is 7.99. The fourth-order valence-corrected chi connectivity index (χ4v) is 5.19. The molecule has 2 heterocycles. The van der Waals surface area contributed by atoms with Gasteiger partial charge in [0.15, 0.2) is 0 Å². The van der Waals surface area contributed by atoms with Crippen LogP contribution in [0.5, 0.6) is 0 Å². The number of hydrogen-bond acceptors (Lipinski definition) is 5. The van der Waals surface area contributed by atoms with Crippen molar-refractivity contribution >= 4 is 55.2 Å². The molecule has 0 fully saturated rings. The second-order valence-electron chi connectivity index (χ2n) is 6.93. The van der Waals surface area contributed by atoms with Crippen LogP contribution >= 0.6 is 11.8 Å². The van der Waals surface area contributed by atoms with Gasteiger partial charge in [-0.25, -0.2) is 8.42 Å². The first-order chi connectivity index (χ1) is 14.2. The number of aliphatic carboxylic acids is 1. The van der Waals surface area contributed by atoms with Crippen molar-refractivity contribution in [3.8, 4) is 0 Å². The summed E-state index contributed by atoms with van der Waals surface area (Å²) in [6, 6.07) is 14.9. The van der Waals surface area contributed by atoms with Crippen LogP contribution < -0.4 is 4.72 Å². The van der Waals surface area contributed by atoms with E-state index in [1.54, 1.807) is 29.0 Å². The minimum absolute atomic E-state index is 0.185. The number of pyridine rings is 1. The Hall–Kier alpha value is -3.04. The van der Waals surface area contributed by atoms with Crippen LogP contribution in [0.4, 0.5) is 5.69 Å². The number of carboxylic acids is 1. The molecule has 2 aromatic heterocycles. The zero-order chi connectivity index (χ0) is 21.5. The molecule has 4 rings (SSSR count). The van der Waals surface area contributed by atoms with E-state index in [2.05, 4.69) is 9.71 Å². The third-order valence-electron chi connectivity index (χ3n) is 4.67. The van der Waals surface area contributed by atoms with Gasteiger partial charge in [-0.1, -0.05) is 30.0 Å². The van der Waals surface area contributed by atoms with Gasteiger partial charge < -0.3 is 9.67 Å². The van der Waals surface area contributed by atoms with Crippen LogP contribution in [0, 0.1) is 6.92 Å². The van der Waals surface area contributed by atoms with E-state index in [0.717, 1.165) is 43.5 Å². The molecule has 30 heavy (non-hydrogen) atoms. The van der Waals surface area contributed by atoms with Crippen molar-refractivity contribution in [2.24, 2.45) is 0 Å². The molecule has 2 N–H and O–H groups in total. The molecule has 0 bridgehead atoms. The Morgan fingerprint density at radius 1 is 1.20 bits per heavy atom. The summed E-state index contributed by atoms with van der Waals surface area (Å²) < 4.78 is 27.6. The maximum atomic E-state index is 11.7. The van der Waals surface area contributed by atoms with Gasteiger partial charge in [0.1, 0.15) is 6.54 Å². The second kappa shape index (κ2) is 7.66. The Labute approximate surface area is 177 Å². The quantitative estimate of drug-likeness (QED) is 0.467. The van der Waals surface area contributed by atoms with Crippen LogP contribution in [0.3, 0.4) is 0 Å². The lowest BCUT2D eigenvalue weighted by Gasteiger charge is -2.07. The number of rotatable bonds is 6. The van der Waals surface area contributed by atoms with E-state index >= 15 is 0 Å². The van der Waals surface area contributed by atoms with Crippen LogP contribution in [-0.2, 0) is 21.4 Å². The third-order valence-corrected chi connectivity index (χ3v) is 6.55. The van der Waals surface area contributed by atoms with Crippen LogP contribution in [0.15, 0.2) is 64.5 Å². The summed E-state index contributed by atoms with van der Waals surface area (Å²) in [6.07, 6.45) is 2.83. The van der Waals surface area contributed by atoms with Gasteiger partial charge in [0, 0.05) is 38.1 Å². The Kier molecular flexibility index (Phi) is 5.17. The predicted octanol–water partition coefficient (Wildman–Crippen LogP) is 4.11. The average Bonchev–Trinajstić information content (AvgIpc) is 2.92. The first kappa shape index (κ1) is 20.2. The molecular weight excluding hydrogens is 422 g/mol. The number of carboxylic acid groups (broad SMARTS) is 1. The molecule has 0 aliphatic rings. The van der Waals surface area contributed by atoms with E-state index < -0.39 is 16.0 Å². The third kappa shape index (κ3) is 3.99. The van der Waals surface area contributed by atoms with E-state index in [9.17, 15) is 18.3 Å². The highest BCUT2D eigenvalue weighted by atomic mass is 32.2. The van der Waals surface area contributed by atoms with Crippen LogP contribution in [0.1, 0.15) is 5.69 Å².